The summed E-state index contributed by atoms with van der Waals surface area (Å²) in [6, 6.07) is 4.75. The first-order valence-corrected chi connectivity index (χ1v) is 10.0. The van der Waals surface area contributed by atoms with Crippen molar-refractivity contribution >= 4 is 46.8 Å². The number of hydrogen-bond acceptors (Lipinski definition) is 7. The summed E-state index contributed by atoms with van der Waals surface area (Å²) in [5.41, 5.74) is 2.33. The Morgan fingerprint density at radius 1 is 1.27 bits per heavy atom. The minimum atomic E-state index is -0.449. The first kappa shape index (κ1) is 20.2. The van der Waals surface area contributed by atoms with Gasteiger partial charge < -0.3 is 20.9 Å². The zero-order valence-electron chi connectivity index (χ0n) is 16.8. The fraction of sp³-hybridized carbons (Fsp3) is 0.368. The maximum Gasteiger partial charge on any atom is 0.332 e. The summed E-state index contributed by atoms with van der Waals surface area (Å²) in [7, 11) is 3.14. The number of carbonyl (C=O) groups excluding carboxylic acids is 2. The quantitative estimate of drug-likeness (QED) is 0.683. The third-order valence-corrected chi connectivity index (χ3v) is 5.42. The van der Waals surface area contributed by atoms with Crippen LogP contribution in [0.1, 0.15) is 5.56 Å². The van der Waals surface area contributed by atoms with E-state index in [9.17, 15) is 9.59 Å². The highest BCUT2D eigenvalue weighted by atomic mass is 35.5. The van der Waals surface area contributed by atoms with E-state index in [4.69, 9.17) is 11.6 Å². The molecule has 30 heavy (non-hydrogen) atoms. The van der Waals surface area contributed by atoms with Crippen molar-refractivity contribution in [3.8, 4) is 0 Å². The molecule has 1 aromatic heterocycles. The summed E-state index contributed by atoms with van der Waals surface area (Å²) in [4.78, 5) is 38.1. The molecule has 0 aliphatic carbocycles. The van der Waals surface area contributed by atoms with E-state index in [1.54, 1.807) is 13.2 Å². The molecule has 1 aromatic carbocycles. The van der Waals surface area contributed by atoms with Gasteiger partial charge in [0.15, 0.2) is 5.82 Å². The second-order valence-corrected chi connectivity index (χ2v) is 7.46. The van der Waals surface area contributed by atoms with Crippen LogP contribution in [-0.2, 0) is 6.54 Å². The van der Waals surface area contributed by atoms with Crippen molar-refractivity contribution in [2.45, 2.75) is 6.54 Å². The van der Waals surface area contributed by atoms with Gasteiger partial charge in [0.2, 0.25) is 5.95 Å². The van der Waals surface area contributed by atoms with Crippen molar-refractivity contribution in [2.24, 2.45) is 0 Å². The molecule has 1 saturated heterocycles. The van der Waals surface area contributed by atoms with Crippen molar-refractivity contribution < 1.29 is 9.59 Å². The Balaban J connectivity index is 1.59. The van der Waals surface area contributed by atoms with E-state index >= 15 is 0 Å². The van der Waals surface area contributed by atoms with Crippen molar-refractivity contribution in [1.82, 2.24) is 25.5 Å². The number of piperazine rings is 1. The highest BCUT2D eigenvalue weighted by Gasteiger charge is 2.31. The SMILES string of the molecule is CNC(=O)N1Cc2cc(Nc3nc(N4CCNCC4)ncc3Cl)ccc2N(C)C1=O. The van der Waals surface area contributed by atoms with E-state index in [1.807, 2.05) is 18.2 Å². The number of aromatic nitrogens is 2. The topological polar surface area (TPSA) is 106 Å². The number of urea groups is 2. The number of benzene rings is 1. The number of rotatable bonds is 3. The first-order valence-electron chi connectivity index (χ1n) is 9.63. The van der Waals surface area contributed by atoms with Crippen LogP contribution in [0.25, 0.3) is 0 Å². The van der Waals surface area contributed by atoms with E-state index in [0.717, 1.165) is 48.0 Å². The molecule has 3 heterocycles. The van der Waals surface area contributed by atoms with Gasteiger partial charge in [-0.25, -0.2) is 19.5 Å². The number of nitrogens with one attached hydrogen (secondary N) is 3. The molecule has 0 atom stereocenters. The predicted octanol–water partition coefficient (Wildman–Crippen LogP) is 1.99. The van der Waals surface area contributed by atoms with E-state index in [0.29, 0.717) is 16.8 Å². The number of hydrogen-bond donors (Lipinski definition) is 3. The Hall–Kier alpha value is -3.11. The van der Waals surface area contributed by atoms with Crippen LogP contribution in [0.15, 0.2) is 24.4 Å². The Bertz CT molecular complexity index is 979. The third-order valence-electron chi connectivity index (χ3n) is 5.14. The molecule has 0 saturated carbocycles. The van der Waals surface area contributed by atoms with Crippen molar-refractivity contribution in [3.05, 3.63) is 35.0 Å². The van der Waals surface area contributed by atoms with Crippen LogP contribution < -0.4 is 25.8 Å². The number of amides is 4. The van der Waals surface area contributed by atoms with Crippen LogP contribution in [0.5, 0.6) is 0 Å². The van der Waals surface area contributed by atoms with Gasteiger partial charge in [-0.2, -0.15) is 4.98 Å². The zero-order chi connectivity index (χ0) is 21.3. The minimum Gasteiger partial charge on any atom is -0.341 e. The number of fused-ring (bicyclic) bond motifs is 1. The summed E-state index contributed by atoms with van der Waals surface area (Å²) in [5, 5.41) is 9.44. The van der Waals surface area contributed by atoms with Gasteiger partial charge in [-0.05, 0) is 23.8 Å². The van der Waals surface area contributed by atoms with Gasteiger partial charge in [-0.15, -0.1) is 0 Å². The maximum absolute atomic E-state index is 12.4. The monoisotopic (exact) mass is 430 g/mol. The summed E-state index contributed by atoms with van der Waals surface area (Å²) in [5.74, 6) is 1.13. The second-order valence-electron chi connectivity index (χ2n) is 7.05. The molecule has 4 amide bonds. The summed E-state index contributed by atoms with van der Waals surface area (Å²) < 4.78 is 0. The van der Waals surface area contributed by atoms with Gasteiger partial charge >= 0.3 is 12.1 Å². The number of nitrogens with zero attached hydrogens (tertiary/aromatic N) is 5. The smallest absolute Gasteiger partial charge is 0.332 e. The number of halogens is 1. The zero-order valence-corrected chi connectivity index (χ0v) is 17.5. The lowest BCUT2D eigenvalue weighted by Crippen LogP contribution is -2.50. The molecule has 0 spiro atoms. The van der Waals surface area contributed by atoms with Crippen LogP contribution in [0, 0.1) is 0 Å². The molecule has 1 fully saturated rings. The molecule has 10 nitrogen and oxygen atoms in total. The lowest BCUT2D eigenvalue weighted by Gasteiger charge is -2.33. The van der Waals surface area contributed by atoms with Gasteiger partial charge in [0.1, 0.15) is 5.02 Å². The van der Waals surface area contributed by atoms with Crippen LogP contribution in [-0.4, -0.2) is 67.2 Å². The van der Waals surface area contributed by atoms with Gasteiger partial charge in [0.25, 0.3) is 0 Å². The van der Waals surface area contributed by atoms with E-state index in [2.05, 4.69) is 30.8 Å². The van der Waals surface area contributed by atoms with E-state index in [1.165, 1.54) is 11.9 Å². The van der Waals surface area contributed by atoms with Gasteiger partial charge in [0.05, 0.1) is 18.4 Å². The minimum absolute atomic E-state index is 0.178. The van der Waals surface area contributed by atoms with E-state index < -0.39 is 6.03 Å². The largest absolute Gasteiger partial charge is 0.341 e. The Kier molecular flexibility index (Phi) is 5.60. The number of carbonyl (C=O) groups is 2. The average molecular weight is 431 g/mol. The number of anilines is 4. The Labute approximate surface area is 179 Å². The molecule has 4 rings (SSSR count). The highest BCUT2D eigenvalue weighted by Crippen LogP contribution is 2.32. The van der Waals surface area contributed by atoms with Crippen molar-refractivity contribution in [1.29, 1.82) is 0 Å². The number of imide groups is 1. The molecule has 0 radical (unpaired) electrons. The second kappa shape index (κ2) is 8.33. The van der Waals surface area contributed by atoms with Crippen molar-refractivity contribution in [3.63, 3.8) is 0 Å². The molecule has 2 aromatic rings. The molecule has 0 unspecified atom stereocenters. The van der Waals surface area contributed by atoms with Crippen LogP contribution in [0.2, 0.25) is 5.02 Å². The summed E-state index contributed by atoms with van der Waals surface area (Å²) in [6.45, 7) is 3.60. The Morgan fingerprint density at radius 2 is 2.03 bits per heavy atom. The van der Waals surface area contributed by atoms with Crippen molar-refractivity contribution in [2.75, 3.05) is 55.4 Å². The van der Waals surface area contributed by atoms with Gasteiger partial charge in [0, 0.05) is 46.0 Å². The molecule has 2 aliphatic rings. The summed E-state index contributed by atoms with van der Waals surface area (Å²) >= 11 is 6.32. The fourth-order valence-electron chi connectivity index (χ4n) is 3.53. The molecular formula is C19H23ClN8O2. The average Bonchev–Trinajstić information content (AvgIpc) is 2.77. The molecule has 11 heteroatoms. The lowest BCUT2D eigenvalue weighted by molar-refractivity contribution is 0.187. The standard InChI is InChI=1S/C19H23ClN8O2/c1-21-18(29)28-11-12-9-13(3-4-15(12)26(2)19(28)30)24-16-14(20)10-23-17(25-16)27-7-5-22-6-8-27/h3-4,9-10,22H,5-8,11H2,1-2H3,(H,21,29)(H,23,24,25). The predicted molar refractivity (Wildman–Crippen MR) is 116 cm³/mol. The molecule has 158 valence electrons. The Morgan fingerprint density at radius 3 is 2.77 bits per heavy atom. The normalized spacial score (nSPS) is 16.4. The maximum atomic E-state index is 12.4. The first-order chi connectivity index (χ1) is 14.5. The highest BCUT2D eigenvalue weighted by molar-refractivity contribution is 6.32. The summed E-state index contributed by atoms with van der Waals surface area (Å²) in [6.07, 6.45) is 1.59. The lowest BCUT2D eigenvalue weighted by atomic mass is 10.1. The van der Waals surface area contributed by atoms with Gasteiger partial charge in [-0.3, -0.25) is 4.90 Å². The third kappa shape index (κ3) is 3.83. The molecular weight excluding hydrogens is 408 g/mol. The van der Waals surface area contributed by atoms with Gasteiger partial charge in [-0.1, -0.05) is 11.6 Å². The molecule has 2 aliphatic heterocycles. The fourth-order valence-corrected chi connectivity index (χ4v) is 3.67. The van der Waals surface area contributed by atoms with E-state index in [-0.39, 0.29) is 12.6 Å². The van der Waals surface area contributed by atoms with Crippen LogP contribution >= 0.6 is 11.6 Å². The van der Waals surface area contributed by atoms with Crippen LogP contribution in [0.3, 0.4) is 0 Å². The molecule has 0 bridgehead atoms. The molecule has 3 N–H and O–H groups in total. The van der Waals surface area contributed by atoms with Crippen LogP contribution in [0.4, 0.5) is 32.7 Å².